The van der Waals surface area contributed by atoms with Crippen molar-refractivity contribution in [2.24, 2.45) is 14.1 Å². The largest absolute Gasteiger partial charge is 0.420 e. The van der Waals surface area contributed by atoms with Crippen LogP contribution in [0.4, 0.5) is 4.79 Å². The first-order chi connectivity index (χ1) is 29.4. The number of aliphatic hydroxyl groups excluding tert-OH is 1. The first kappa shape index (κ1) is 54.7. The minimum Gasteiger partial charge on any atom is -0.420 e. The van der Waals surface area contributed by atoms with Crippen LogP contribution >= 0.6 is 0 Å². The lowest BCUT2D eigenvalue weighted by atomic mass is 10.3. The second-order valence-corrected chi connectivity index (χ2v) is 12.9. The molecule has 7 rings (SSSR count). The topological polar surface area (TPSA) is 351 Å². The van der Waals surface area contributed by atoms with E-state index in [0.717, 1.165) is 34.5 Å². The van der Waals surface area contributed by atoms with Gasteiger partial charge in [0.1, 0.15) is 6.42 Å². The first-order valence-electron chi connectivity index (χ1n) is 18.1. The predicted molar refractivity (Wildman–Crippen MR) is 225 cm³/mol. The smallest absolute Gasteiger partial charge is 0.369 e. The second-order valence-electron chi connectivity index (χ2n) is 12.9. The number of carbonyl (C=O) groups is 3. The zero-order valence-corrected chi connectivity index (χ0v) is 33.5. The van der Waals surface area contributed by atoms with E-state index in [4.69, 9.17) is 24.5 Å². The zero-order chi connectivity index (χ0) is 46.6. The Kier molecular flexibility index (Phi) is 20.8. The lowest BCUT2D eigenvalue weighted by molar-refractivity contribution is -0.129. The number of ether oxygens (including phenoxy) is 3. The van der Waals surface area contributed by atoms with Gasteiger partial charge in [0.05, 0.1) is 84.0 Å². The van der Waals surface area contributed by atoms with E-state index in [2.05, 4.69) is 26.3 Å². The van der Waals surface area contributed by atoms with Crippen LogP contribution in [-0.4, -0.2) is 114 Å². The molecule has 0 spiro atoms. The van der Waals surface area contributed by atoms with Crippen LogP contribution in [0.5, 0.6) is 0 Å². The van der Waals surface area contributed by atoms with Gasteiger partial charge in [-0.2, -0.15) is 0 Å². The van der Waals surface area contributed by atoms with Gasteiger partial charge in [-0.25, -0.2) is 84.5 Å². The molecular formula is C36H53N11O17. The molecule has 0 saturated carbocycles. The normalized spacial score (nSPS) is 17.2. The number of imide groups is 2. The van der Waals surface area contributed by atoms with Gasteiger partial charge in [0.2, 0.25) is 11.8 Å². The monoisotopic (exact) mass is 911 g/mol. The maximum atomic E-state index is 12.4. The van der Waals surface area contributed by atoms with Gasteiger partial charge in [0.15, 0.2) is 0 Å². The van der Waals surface area contributed by atoms with E-state index in [9.17, 15) is 57.5 Å². The molecule has 354 valence electrons. The minimum atomic E-state index is -1.16. The molecule has 4 amide bonds. The third kappa shape index (κ3) is 13.9. The molecule has 3 unspecified atom stereocenters. The molecule has 4 aliphatic heterocycles. The maximum absolute atomic E-state index is 12.4. The highest BCUT2D eigenvalue weighted by atomic mass is 16.6. The molecule has 3 aromatic rings. The van der Waals surface area contributed by atoms with E-state index in [0.29, 0.717) is 29.0 Å². The molecule has 0 aromatic carbocycles. The van der Waals surface area contributed by atoms with Crippen molar-refractivity contribution in [3.8, 4) is 0 Å². The van der Waals surface area contributed by atoms with Gasteiger partial charge < -0.3 is 24.5 Å². The third-order valence-electron chi connectivity index (χ3n) is 8.42. The maximum Gasteiger partial charge on any atom is 0.369 e. The molecule has 0 bridgehead atoms. The number of amides is 4. The number of nitrogens with one attached hydrogen (secondary N) is 2. The van der Waals surface area contributed by atoms with E-state index in [1.807, 2.05) is 10.6 Å². The Hall–Kier alpha value is -7.30. The van der Waals surface area contributed by atoms with Crippen molar-refractivity contribution in [3.05, 3.63) is 133 Å². The van der Waals surface area contributed by atoms with Crippen molar-refractivity contribution in [2.75, 3.05) is 26.4 Å². The summed E-state index contributed by atoms with van der Waals surface area (Å²) in [4.78, 5) is 136. The zero-order valence-electron chi connectivity index (χ0n) is 33.5. The van der Waals surface area contributed by atoms with Gasteiger partial charge in [0.25, 0.3) is 0 Å². The molecule has 4 aliphatic rings. The van der Waals surface area contributed by atoms with Gasteiger partial charge >= 0.3 is 57.2 Å². The van der Waals surface area contributed by atoms with Crippen molar-refractivity contribution in [1.29, 1.82) is 0 Å². The number of hydrogen-bond donors (Lipinski definition) is 4. The molecule has 0 radical (unpaired) electrons. The molecule has 4 fully saturated rings. The number of hydrogen-bond acceptors (Lipinski definition) is 17. The fourth-order valence-corrected chi connectivity index (χ4v) is 5.10. The number of rotatable bonds is 12. The molecule has 0 aliphatic carbocycles. The van der Waals surface area contributed by atoms with Gasteiger partial charge in [0, 0.05) is 14.1 Å². The second kappa shape index (κ2) is 24.4. The molecule has 3 aromatic heterocycles. The lowest BCUT2D eigenvalue weighted by Crippen LogP contribution is -2.55. The van der Waals surface area contributed by atoms with Crippen LogP contribution in [0, 0.1) is 0 Å². The van der Waals surface area contributed by atoms with Crippen LogP contribution in [-0.2, 0) is 77.2 Å². The quantitative estimate of drug-likeness (QED) is 0.0569. The van der Waals surface area contributed by atoms with Crippen molar-refractivity contribution in [3.63, 3.8) is 0 Å². The summed E-state index contributed by atoms with van der Waals surface area (Å²) in [6.45, 7) is 14.5. The Morgan fingerprint density at radius 2 is 0.859 bits per heavy atom. The molecule has 64 heavy (non-hydrogen) atoms. The summed E-state index contributed by atoms with van der Waals surface area (Å²) >= 11 is 0. The Morgan fingerprint density at radius 1 is 0.547 bits per heavy atom. The van der Waals surface area contributed by atoms with E-state index in [1.54, 1.807) is 0 Å². The summed E-state index contributed by atoms with van der Waals surface area (Å²) < 4.78 is 22.2. The fourth-order valence-electron chi connectivity index (χ4n) is 5.10. The summed E-state index contributed by atoms with van der Waals surface area (Å²) in [7, 11) is 2.44. The van der Waals surface area contributed by atoms with Crippen LogP contribution in [0.1, 0.15) is 21.3 Å². The molecule has 4 N–H and O–H groups in total. The Labute approximate surface area is 360 Å². The molecule has 3 atom stereocenters. The molecule has 28 nitrogen and oxygen atoms in total. The standard InChI is InChI=1S/C12H15N3O6.C10H13N3O3.C6H9N3O5.C4H4N2O3.C2H4.2CH4/c16-10-13(1-7-4-19-7)11(17)15(3-9-6-21-9)12(18)14(10)2-8-5-20-8;1-4-6-12-8(14)11(3)9(15)13(7-5-2)10(12)16;1-7-4(11)8(2-3-10)6(13)9(14)5(7)12;7-2-1-3(8)6-4(9)5-2;1-2;;/h7-9H,1-6H2;4-5H,1-2,6-7H2,3H3;10,14H,2-3H2,1H3;1H2,(H2,5,6,7,8,9);1-2H2;2*1H4. The summed E-state index contributed by atoms with van der Waals surface area (Å²) in [5, 5.41) is 21.3. The highest BCUT2D eigenvalue weighted by Crippen LogP contribution is 2.12. The van der Waals surface area contributed by atoms with Crippen LogP contribution < -0.4 is 61.8 Å². The number of aromatic nitrogens is 9. The Bertz CT molecular complexity index is 2490. The lowest BCUT2D eigenvalue weighted by Gasteiger charge is -2.12. The molecule has 28 heteroatoms. The number of allylic oxidation sites excluding steroid dienone is 2. The van der Waals surface area contributed by atoms with Gasteiger partial charge in [-0.15, -0.1) is 26.3 Å². The SMILES string of the molecule is C.C.C=C.C=CCn1c(=O)n(C)c(=O)n(CC=C)c1=O.Cn1c(=O)n(O)c(=O)n(CCO)c1=O.O=C1CC(=O)NC(=O)N1.O=c1n(CC2CO2)c(=O)n(CC2CO2)c(=O)n1CC1CO1. The summed E-state index contributed by atoms with van der Waals surface area (Å²) in [5.41, 5.74) is -6.86. The van der Waals surface area contributed by atoms with E-state index in [-0.39, 0.29) is 83.6 Å². The Morgan fingerprint density at radius 3 is 1.16 bits per heavy atom. The van der Waals surface area contributed by atoms with Gasteiger partial charge in [-0.3, -0.25) is 20.2 Å². The van der Waals surface area contributed by atoms with E-state index < -0.39 is 75.7 Å². The summed E-state index contributed by atoms with van der Waals surface area (Å²) in [5.74, 6) is -1.10. The van der Waals surface area contributed by atoms with Crippen LogP contribution in [0.2, 0.25) is 0 Å². The van der Waals surface area contributed by atoms with Crippen LogP contribution in [0.15, 0.2) is 81.6 Å². The number of urea groups is 1. The highest BCUT2D eigenvalue weighted by molar-refractivity contribution is 6.14. The predicted octanol–water partition coefficient (Wildman–Crippen LogP) is -5.80. The third-order valence-corrected chi connectivity index (χ3v) is 8.42. The highest BCUT2D eigenvalue weighted by Gasteiger charge is 2.31. The molecule has 7 heterocycles. The van der Waals surface area contributed by atoms with Gasteiger partial charge in [-0.05, 0) is 0 Å². The van der Waals surface area contributed by atoms with Crippen LogP contribution in [0.25, 0.3) is 0 Å². The molecule has 4 saturated heterocycles. The average molecular weight is 912 g/mol. The van der Waals surface area contributed by atoms with Crippen molar-refractivity contribution >= 4 is 17.8 Å². The number of barbiturate groups is 1. The number of aliphatic hydroxyl groups is 1. The minimum absolute atomic E-state index is 0. The Balaban J connectivity index is 0.000000432. The van der Waals surface area contributed by atoms with E-state index in [1.165, 1.54) is 19.2 Å². The number of epoxide rings is 3. The molecular weight excluding hydrogens is 858 g/mol. The summed E-state index contributed by atoms with van der Waals surface area (Å²) in [6, 6.07) is -0.740. The van der Waals surface area contributed by atoms with Crippen LogP contribution in [0.3, 0.4) is 0 Å². The fraction of sp³-hybridized carbons (Fsp3) is 0.500. The van der Waals surface area contributed by atoms with E-state index >= 15 is 0 Å². The summed E-state index contributed by atoms with van der Waals surface area (Å²) in [6.07, 6.45) is 2.22. The number of carbonyl (C=O) groups excluding carboxylic acids is 3. The van der Waals surface area contributed by atoms with Crippen molar-refractivity contribution in [1.82, 2.24) is 51.9 Å². The average Bonchev–Trinajstić information content (AvgIpc) is 4.08. The van der Waals surface area contributed by atoms with Gasteiger partial charge in [-0.1, -0.05) is 31.7 Å². The van der Waals surface area contributed by atoms with Crippen molar-refractivity contribution < 1.29 is 38.9 Å². The first-order valence-corrected chi connectivity index (χ1v) is 18.1. The van der Waals surface area contributed by atoms with Crippen molar-refractivity contribution in [2.45, 2.75) is 78.9 Å². The number of nitrogens with zero attached hydrogens (tertiary/aromatic N) is 9.